The Balaban J connectivity index is 1.51. The molecule has 3 rings (SSSR count). The quantitative estimate of drug-likeness (QED) is 0.210. The summed E-state index contributed by atoms with van der Waals surface area (Å²) in [5, 5.41) is 7.40. The van der Waals surface area contributed by atoms with Crippen molar-refractivity contribution in [3.8, 4) is 5.75 Å². The third-order valence-corrected chi connectivity index (χ3v) is 4.94. The molecule has 0 bridgehead atoms. The van der Waals surface area contributed by atoms with Crippen LogP contribution in [0.25, 0.3) is 0 Å². The minimum atomic E-state index is -0.643. The highest BCUT2D eigenvalue weighted by Crippen LogP contribution is 2.23. The zero-order chi connectivity index (χ0) is 23.8. The van der Waals surface area contributed by atoms with Crippen LogP contribution in [0, 0.1) is 0 Å². The van der Waals surface area contributed by atoms with Gasteiger partial charge in [-0.05, 0) is 60.2 Å². The molecule has 0 spiro atoms. The summed E-state index contributed by atoms with van der Waals surface area (Å²) in [6.45, 7) is -0.266. The molecule has 0 saturated carbocycles. The number of hydrazone groups is 1. The first-order valence-corrected chi connectivity index (χ1v) is 10.6. The molecule has 0 aliphatic carbocycles. The first kappa shape index (κ1) is 24.3. The molecule has 0 aliphatic heterocycles. The molecule has 7 nitrogen and oxygen atoms in total. The van der Waals surface area contributed by atoms with E-state index in [9.17, 15) is 14.4 Å². The van der Waals surface area contributed by atoms with E-state index in [2.05, 4.69) is 15.8 Å². The molecule has 0 atom stereocenters. The molecule has 10 heteroatoms. The van der Waals surface area contributed by atoms with Crippen molar-refractivity contribution in [1.29, 1.82) is 0 Å². The zero-order valence-electron chi connectivity index (χ0n) is 16.8. The Morgan fingerprint density at radius 1 is 0.909 bits per heavy atom. The molecular formula is C23H16Cl3N3O4. The van der Waals surface area contributed by atoms with Gasteiger partial charge in [-0.25, -0.2) is 10.2 Å². The Bertz CT molecular complexity index is 1210. The number of halogens is 3. The molecular weight excluding hydrogens is 489 g/mol. The van der Waals surface area contributed by atoms with Gasteiger partial charge < -0.3 is 10.1 Å². The molecule has 3 aromatic carbocycles. The topological polar surface area (TPSA) is 96.9 Å². The number of carbonyl (C=O) groups is 3. The van der Waals surface area contributed by atoms with Crippen molar-refractivity contribution in [3.05, 3.63) is 98.5 Å². The standard InChI is InChI=1S/C23H16Cl3N3O4/c24-16-6-4-15(5-7-16)22(31)27-13-21(30)29-28-12-14-2-1-3-18(10-14)33-23(32)19-9-8-17(25)11-20(19)26/h1-12H,13H2,(H,27,31)(H,29,30). The van der Waals surface area contributed by atoms with Crippen LogP contribution in [0.1, 0.15) is 26.3 Å². The minimum Gasteiger partial charge on any atom is -0.423 e. The van der Waals surface area contributed by atoms with Crippen LogP contribution in [0.2, 0.25) is 15.1 Å². The van der Waals surface area contributed by atoms with E-state index in [1.807, 2.05) is 0 Å². The highest BCUT2D eigenvalue weighted by atomic mass is 35.5. The Labute approximate surface area is 204 Å². The van der Waals surface area contributed by atoms with Crippen molar-refractivity contribution in [3.63, 3.8) is 0 Å². The summed E-state index contributed by atoms with van der Waals surface area (Å²) in [4.78, 5) is 36.2. The maximum absolute atomic E-state index is 12.3. The summed E-state index contributed by atoms with van der Waals surface area (Å²) < 4.78 is 5.33. The number of esters is 1. The van der Waals surface area contributed by atoms with Gasteiger partial charge in [-0.2, -0.15) is 5.10 Å². The molecule has 3 aromatic rings. The minimum absolute atomic E-state index is 0.174. The molecule has 2 N–H and O–H groups in total. The number of benzene rings is 3. The van der Waals surface area contributed by atoms with Crippen molar-refractivity contribution in [1.82, 2.24) is 10.7 Å². The molecule has 0 saturated heterocycles. The van der Waals surface area contributed by atoms with E-state index in [-0.39, 0.29) is 22.9 Å². The number of carbonyl (C=O) groups excluding carboxylic acids is 3. The average molecular weight is 505 g/mol. The third-order valence-electron chi connectivity index (χ3n) is 4.14. The van der Waals surface area contributed by atoms with Gasteiger partial charge in [0.05, 0.1) is 23.3 Å². The van der Waals surface area contributed by atoms with Crippen LogP contribution in [0.4, 0.5) is 0 Å². The lowest BCUT2D eigenvalue weighted by atomic mass is 10.2. The number of hydrogen-bond donors (Lipinski definition) is 2. The molecule has 2 amide bonds. The molecule has 168 valence electrons. The Morgan fingerprint density at radius 2 is 1.64 bits per heavy atom. The number of nitrogens with zero attached hydrogens (tertiary/aromatic N) is 1. The molecule has 33 heavy (non-hydrogen) atoms. The van der Waals surface area contributed by atoms with Crippen LogP contribution in [0.5, 0.6) is 5.75 Å². The van der Waals surface area contributed by atoms with E-state index in [1.54, 1.807) is 48.5 Å². The van der Waals surface area contributed by atoms with E-state index >= 15 is 0 Å². The van der Waals surface area contributed by atoms with Gasteiger partial charge in [-0.15, -0.1) is 0 Å². The molecule has 0 aliphatic rings. The van der Waals surface area contributed by atoms with Crippen molar-refractivity contribution in [2.45, 2.75) is 0 Å². The molecule has 0 aromatic heterocycles. The van der Waals surface area contributed by atoms with Crippen molar-refractivity contribution >= 4 is 58.8 Å². The van der Waals surface area contributed by atoms with E-state index in [0.717, 1.165) is 0 Å². The summed E-state index contributed by atoms with van der Waals surface area (Å²) in [6, 6.07) is 17.2. The normalized spacial score (nSPS) is 10.6. The van der Waals surface area contributed by atoms with Crippen LogP contribution in [-0.2, 0) is 4.79 Å². The predicted molar refractivity (Wildman–Crippen MR) is 127 cm³/mol. The smallest absolute Gasteiger partial charge is 0.345 e. The zero-order valence-corrected chi connectivity index (χ0v) is 19.1. The summed E-state index contributed by atoms with van der Waals surface area (Å²) >= 11 is 17.6. The largest absolute Gasteiger partial charge is 0.423 e. The lowest BCUT2D eigenvalue weighted by Gasteiger charge is -2.07. The SMILES string of the molecule is O=C(CNC(=O)c1ccc(Cl)cc1)NN=Cc1cccc(OC(=O)c2ccc(Cl)cc2Cl)c1. The number of rotatable bonds is 7. The lowest BCUT2D eigenvalue weighted by molar-refractivity contribution is -0.120. The van der Waals surface area contributed by atoms with Crippen LogP contribution in [0.3, 0.4) is 0 Å². The van der Waals surface area contributed by atoms with Gasteiger partial charge in [0, 0.05) is 15.6 Å². The number of hydrogen-bond acceptors (Lipinski definition) is 5. The van der Waals surface area contributed by atoms with Crippen LogP contribution in [-0.4, -0.2) is 30.5 Å². The van der Waals surface area contributed by atoms with E-state index < -0.39 is 17.8 Å². The van der Waals surface area contributed by atoms with Crippen LogP contribution >= 0.6 is 34.8 Å². The first-order chi connectivity index (χ1) is 15.8. The van der Waals surface area contributed by atoms with Crippen molar-refractivity contribution in [2.24, 2.45) is 5.10 Å². The van der Waals surface area contributed by atoms with E-state index in [1.165, 1.54) is 24.4 Å². The Hall–Kier alpha value is -3.39. The highest BCUT2D eigenvalue weighted by Gasteiger charge is 2.13. The van der Waals surface area contributed by atoms with Gasteiger partial charge >= 0.3 is 5.97 Å². The monoisotopic (exact) mass is 503 g/mol. The molecule has 0 fully saturated rings. The number of amides is 2. The fraction of sp³-hybridized carbons (Fsp3) is 0.0435. The van der Waals surface area contributed by atoms with E-state index in [4.69, 9.17) is 39.5 Å². The van der Waals surface area contributed by atoms with Crippen molar-refractivity contribution in [2.75, 3.05) is 6.54 Å². The Morgan fingerprint density at radius 3 is 2.36 bits per heavy atom. The fourth-order valence-corrected chi connectivity index (χ4v) is 3.17. The van der Waals surface area contributed by atoms with Gasteiger partial charge in [-0.3, -0.25) is 9.59 Å². The summed E-state index contributed by atoms with van der Waals surface area (Å²) in [6.07, 6.45) is 1.37. The average Bonchev–Trinajstić information content (AvgIpc) is 2.78. The molecule has 0 heterocycles. The van der Waals surface area contributed by atoms with Crippen LogP contribution < -0.4 is 15.5 Å². The van der Waals surface area contributed by atoms with Crippen molar-refractivity contribution < 1.29 is 19.1 Å². The maximum Gasteiger partial charge on any atom is 0.345 e. The third kappa shape index (κ3) is 7.32. The molecule has 0 unspecified atom stereocenters. The molecule has 0 radical (unpaired) electrons. The first-order valence-electron chi connectivity index (χ1n) is 9.45. The second-order valence-corrected chi connectivity index (χ2v) is 7.85. The lowest BCUT2D eigenvalue weighted by Crippen LogP contribution is -2.34. The Kier molecular flexibility index (Phi) is 8.43. The van der Waals surface area contributed by atoms with Gasteiger partial charge in [0.15, 0.2) is 0 Å². The fourth-order valence-electron chi connectivity index (χ4n) is 2.56. The number of nitrogens with one attached hydrogen (secondary N) is 2. The van der Waals surface area contributed by atoms with Gasteiger partial charge in [0.25, 0.3) is 11.8 Å². The summed E-state index contributed by atoms with van der Waals surface area (Å²) in [5.74, 6) is -1.32. The highest BCUT2D eigenvalue weighted by molar-refractivity contribution is 6.36. The summed E-state index contributed by atoms with van der Waals surface area (Å²) in [5.41, 5.74) is 3.42. The second-order valence-electron chi connectivity index (χ2n) is 6.57. The predicted octanol–water partition coefficient (Wildman–Crippen LogP) is 4.75. The van der Waals surface area contributed by atoms with Gasteiger partial charge in [0.1, 0.15) is 5.75 Å². The van der Waals surface area contributed by atoms with E-state index in [0.29, 0.717) is 21.2 Å². The number of ether oxygens (including phenoxy) is 1. The van der Waals surface area contributed by atoms with Crippen LogP contribution in [0.15, 0.2) is 71.8 Å². The summed E-state index contributed by atoms with van der Waals surface area (Å²) in [7, 11) is 0. The maximum atomic E-state index is 12.3. The second kappa shape index (κ2) is 11.5. The van der Waals surface area contributed by atoms with Gasteiger partial charge in [-0.1, -0.05) is 46.9 Å². The van der Waals surface area contributed by atoms with Gasteiger partial charge in [0.2, 0.25) is 0 Å².